The van der Waals surface area contributed by atoms with Gasteiger partial charge in [-0.05, 0) is 54.8 Å². The highest BCUT2D eigenvalue weighted by atomic mass is 16.5. The molecule has 3 N–H and O–H groups in total. The third-order valence-electron chi connectivity index (χ3n) is 4.60. The lowest BCUT2D eigenvalue weighted by Gasteiger charge is -2.17. The number of para-hydroxylation sites is 1. The summed E-state index contributed by atoms with van der Waals surface area (Å²) >= 11 is 0. The Bertz CT molecular complexity index is 988. The zero-order valence-corrected chi connectivity index (χ0v) is 17.0. The van der Waals surface area contributed by atoms with E-state index in [9.17, 15) is 9.59 Å². The number of nitrogens with one attached hydrogen (secondary N) is 3. The first kappa shape index (κ1) is 20.9. The highest BCUT2D eigenvalue weighted by molar-refractivity contribution is 5.99. The van der Waals surface area contributed by atoms with Crippen molar-refractivity contribution in [3.05, 3.63) is 90.0 Å². The van der Waals surface area contributed by atoms with Crippen molar-refractivity contribution in [2.75, 3.05) is 17.7 Å². The Morgan fingerprint density at radius 3 is 2.23 bits per heavy atom. The number of rotatable bonds is 7. The molecule has 0 spiro atoms. The van der Waals surface area contributed by atoms with Crippen molar-refractivity contribution in [3.8, 4) is 5.75 Å². The van der Waals surface area contributed by atoms with Crippen molar-refractivity contribution in [2.45, 2.75) is 19.4 Å². The molecule has 0 aromatic heterocycles. The number of anilines is 2. The zero-order chi connectivity index (χ0) is 21.3. The van der Waals surface area contributed by atoms with Crippen LogP contribution in [0.15, 0.2) is 78.9 Å². The van der Waals surface area contributed by atoms with Crippen molar-refractivity contribution in [1.82, 2.24) is 5.32 Å². The van der Waals surface area contributed by atoms with Crippen molar-refractivity contribution in [2.24, 2.45) is 0 Å². The number of amides is 3. The van der Waals surface area contributed by atoms with Gasteiger partial charge in [-0.25, -0.2) is 4.79 Å². The Hall–Kier alpha value is -3.80. The third kappa shape index (κ3) is 5.85. The first-order chi connectivity index (χ1) is 14.5. The van der Waals surface area contributed by atoms with Crippen LogP contribution in [0.5, 0.6) is 5.75 Å². The predicted molar refractivity (Wildman–Crippen MR) is 119 cm³/mol. The van der Waals surface area contributed by atoms with Crippen LogP contribution in [0.3, 0.4) is 0 Å². The van der Waals surface area contributed by atoms with E-state index in [1.54, 1.807) is 38.3 Å². The fourth-order valence-corrected chi connectivity index (χ4v) is 2.96. The van der Waals surface area contributed by atoms with Gasteiger partial charge in [0.05, 0.1) is 7.11 Å². The molecule has 0 heterocycles. The van der Waals surface area contributed by atoms with E-state index in [2.05, 4.69) is 16.0 Å². The average molecular weight is 403 g/mol. The predicted octanol–water partition coefficient (Wildman–Crippen LogP) is 4.43. The van der Waals surface area contributed by atoms with Crippen molar-refractivity contribution >= 4 is 23.3 Å². The van der Waals surface area contributed by atoms with E-state index >= 15 is 0 Å². The second-order valence-corrected chi connectivity index (χ2v) is 6.86. The van der Waals surface area contributed by atoms with Crippen molar-refractivity contribution in [3.63, 3.8) is 0 Å². The summed E-state index contributed by atoms with van der Waals surface area (Å²) in [6.07, 6.45) is 0.705. The quantitative estimate of drug-likeness (QED) is 0.546. The minimum atomic E-state index is -0.715. The van der Waals surface area contributed by atoms with Crippen LogP contribution in [-0.2, 0) is 11.2 Å². The number of methoxy groups -OCH3 is 1. The first-order valence-corrected chi connectivity index (χ1v) is 9.69. The number of hydrogen-bond acceptors (Lipinski definition) is 3. The standard InChI is InChI=1S/C24H25N3O3/c1-17(25-24(29)26-20-12-14-21(30-2)15-13-20)23(28)27-22-11-7-6-10-19(22)16-18-8-4-3-5-9-18/h3-15,17H,16H2,1-2H3,(H,27,28)(H2,25,26,29). The van der Waals surface area contributed by atoms with E-state index in [0.717, 1.165) is 16.8 Å². The van der Waals surface area contributed by atoms with E-state index in [4.69, 9.17) is 4.74 Å². The maximum absolute atomic E-state index is 12.6. The normalized spacial score (nSPS) is 11.3. The lowest BCUT2D eigenvalue weighted by atomic mass is 10.0. The lowest BCUT2D eigenvalue weighted by Crippen LogP contribution is -2.43. The monoisotopic (exact) mass is 403 g/mol. The second kappa shape index (κ2) is 10.1. The fourth-order valence-electron chi connectivity index (χ4n) is 2.96. The molecular formula is C24H25N3O3. The van der Waals surface area contributed by atoms with Crippen LogP contribution in [-0.4, -0.2) is 25.1 Å². The largest absolute Gasteiger partial charge is 0.497 e. The maximum atomic E-state index is 12.6. The molecule has 0 aliphatic heterocycles. The van der Waals surface area contributed by atoms with Gasteiger partial charge in [-0.2, -0.15) is 0 Å². The zero-order valence-electron chi connectivity index (χ0n) is 17.0. The molecule has 6 heteroatoms. The SMILES string of the molecule is COc1ccc(NC(=O)NC(C)C(=O)Nc2ccccc2Cc2ccccc2)cc1. The van der Waals surface area contributed by atoms with Gasteiger partial charge in [0.25, 0.3) is 0 Å². The molecule has 0 aliphatic rings. The molecule has 0 aliphatic carbocycles. The Kier molecular flexibility index (Phi) is 7.05. The van der Waals surface area contributed by atoms with Crippen LogP contribution < -0.4 is 20.7 Å². The van der Waals surface area contributed by atoms with Crippen molar-refractivity contribution in [1.29, 1.82) is 0 Å². The summed E-state index contributed by atoms with van der Waals surface area (Å²) in [5, 5.41) is 8.27. The smallest absolute Gasteiger partial charge is 0.319 e. The van der Waals surface area contributed by atoms with E-state index in [1.165, 1.54) is 0 Å². The van der Waals surface area contributed by atoms with E-state index < -0.39 is 12.1 Å². The van der Waals surface area contributed by atoms with Gasteiger partial charge in [-0.3, -0.25) is 4.79 Å². The molecule has 3 aromatic rings. The number of urea groups is 1. The number of ether oxygens (including phenoxy) is 1. The van der Waals surface area contributed by atoms with Crippen LogP contribution >= 0.6 is 0 Å². The molecular weight excluding hydrogens is 378 g/mol. The molecule has 3 aromatic carbocycles. The van der Waals surface area contributed by atoms with Gasteiger partial charge in [0.15, 0.2) is 0 Å². The molecule has 0 saturated carbocycles. The van der Waals surface area contributed by atoms with Gasteiger partial charge in [0.2, 0.25) is 5.91 Å². The molecule has 0 saturated heterocycles. The van der Waals surface area contributed by atoms with Gasteiger partial charge in [-0.1, -0.05) is 48.5 Å². The second-order valence-electron chi connectivity index (χ2n) is 6.86. The molecule has 30 heavy (non-hydrogen) atoms. The van der Waals surface area contributed by atoms with Crippen LogP contribution in [0, 0.1) is 0 Å². The van der Waals surface area contributed by atoms with E-state index in [-0.39, 0.29) is 5.91 Å². The fraction of sp³-hybridized carbons (Fsp3) is 0.167. The van der Waals surface area contributed by atoms with Gasteiger partial charge >= 0.3 is 6.03 Å². The van der Waals surface area contributed by atoms with Crippen molar-refractivity contribution < 1.29 is 14.3 Å². The molecule has 3 amide bonds. The number of carbonyl (C=O) groups is 2. The Morgan fingerprint density at radius 1 is 0.867 bits per heavy atom. The summed E-state index contributed by atoms with van der Waals surface area (Å²) in [6, 6.07) is 23.5. The van der Waals surface area contributed by atoms with Gasteiger partial charge < -0.3 is 20.7 Å². The lowest BCUT2D eigenvalue weighted by molar-refractivity contribution is -0.117. The van der Waals surface area contributed by atoms with E-state index in [1.807, 2.05) is 54.6 Å². The molecule has 0 bridgehead atoms. The summed E-state index contributed by atoms with van der Waals surface area (Å²) in [5.74, 6) is 0.406. The molecule has 3 rings (SSSR count). The maximum Gasteiger partial charge on any atom is 0.319 e. The van der Waals surface area contributed by atoms with Crippen LogP contribution in [0.4, 0.5) is 16.2 Å². The van der Waals surface area contributed by atoms with Gasteiger partial charge in [0, 0.05) is 11.4 Å². The summed E-state index contributed by atoms with van der Waals surface area (Å²) in [5.41, 5.74) is 3.50. The topological polar surface area (TPSA) is 79.5 Å². The Labute approximate surface area is 176 Å². The number of benzene rings is 3. The molecule has 0 fully saturated rings. The minimum Gasteiger partial charge on any atom is -0.497 e. The molecule has 0 radical (unpaired) electrons. The molecule has 1 atom stereocenters. The van der Waals surface area contributed by atoms with Crippen LogP contribution in [0.1, 0.15) is 18.1 Å². The summed E-state index contributed by atoms with van der Waals surface area (Å²) in [4.78, 5) is 24.8. The molecule has 1 unspecified atom stereocenters. The van der Waals surface area contributed by atoms with E-state index in [0.29, 0.717) is 17.9 Å². The van der Waals surface area contributed by atoms with Crippen LogP contribution in [0.25, 0.3) is 0 Å². The summed E-state index contributed by atoms with van der Waals surface area (Å²) < 4.78 is 5.09. The number of carbonyl (C=O) groups excluding carboxylic acids is 2. The molecule has 154 valence electrons. The summed E-state index contributed by atoms with van der Waals surface area (Å²) in [7, 11) is 1.58. The Balaban J connectivity index is 1.58. The number of hydrogen-bond donors (Lipinski definition) is 3. The first-order valence-electron chi connectivity index (χ1n) is 9.69. The highest BCUT2D eigenvalue weighted by Crippen LogP contribution is 2.19. The minimum absolute atomic E-state index is 0.291. The third-order valence-corrected chi connectivity index (χ3v) is 4.60. The highest BCUT2D eigenvalue weighted by Gasteiger charge is 2.17. The van der Waals surface area contributed by atoms with Gasteiger partial charge in [0.1, 0.15) is 11.8 Å². The average Bonchev–Trinajstić information content (AvgIpc) is 2.76. The molecule has 6 nitrogen and oxygen atoms in total. The summed E-state index contributed by atoms with van der Waals surface area (Å²) in [6.45, 7) is 1.64. The Morgan fingerprint density at radius 2 is 1.53 bits per heavy atom. The van der Waals surface area contributed by atoms with Crippen LogP contribution in [0.2, 0.25) is 0 Å². The van der Waals surface area contributed by atoms with Gasteiger partial charge in [-0.15, -0.1) is 0 Å².